The Labute approximate surface area is 124 Å². The highest BCUT2D eigenvalue weighted by atomic mass is 35.5. The fourth-order valence-electron chi connectivity index (χ4n) is 1.52. The number of halogens is 1. The number of hydrogen-bond acceptors (Lipinski definition) is 6. The summed E-state index contributed by atoms with van der Waals surface area (Å²) in [5, 5.41) is -0.296. The molecule has 7 nitrogen and oxygen atoms in total. The summed E-state index contributed by atoms with van der Waals surface area (Å²) >= 11 is 6.53. The molecule has 20 heavy (non-hydrogen) atoms. The molecular formula is C10H10ClN3O4S2. The summed E-state index contributed by atoms with van der Waals surface area (Å²) in [6, 6.07) is 2.52. The molecule has 2 amide bonds. The summed E-state index contributed by atoms with van der Waals surface area (Å²) in [4.78, 5) is 27.3. The number of amides is 2. The van der Waals surface area contributed by atoms with Crippen LogP contribution in [0.3, 0.4) is 0 Å². The number of carbonyl (C=O) groups excluding carboxylic acids is 2. The van der Waals surface area contributed by atoms with Crippen molar-refractivity contribution < 1.29 is 18.0 Å². The summed E-state index contributed by atoms with van der Waals surface area (Å²) in [6.07, 6.45) is 1.28. The first-order valence-electron chi connectivity index (χ1n) is 5.48. The normalized spacial score (nSPS) is 15.9. The number of nitrogens with zero attached hydrogens (tertiary/aromatic N) is 2. The van der Waals surface area contributed by atoms with E-state index in [0.717, 1.165) is 16.7 Å². The minimum atomic E-state index is -3.74. The maximum Gasteiger partial charge on any atom is 0.288 e. The fraction of sp³-hybridized carbons (Fsp3) is 0.300. The number of carbonyl (C=O) groups is 2. The number of thioether (sulfide) groups is 1. The van der Waals surface area contributed by atoms with Crippen molar-refractivity contribution in [3.8, 4) is 0 Å². The number of sulfonamides is 1. The molecule has 0 atom stereocenters. The van der Waals surface area contributed by atoms with Gasteiger partial charge in [0.15, 0.2) is 0 Å². The standard InChI is InChI=1S/C10H10ClN3O4S2/c11-8-5-7(1-2-12-8)20(17,18)13-3-4-14-9(15)6-19-10(14)16/h1-2,5,13H,3-4,6H2. The van der Waals surface area contributed by atoms with Crippen LogP contribution in [0.2, 0.25) is 5.15 Å². The van der Waals surface area contributed by atoms with Gasteiger partial charge in [0.05, 0.1) is 10.6 Å². The number of hydrogen-bond donors (Lipinski definition) is 1. The predicted molar refractivity (Wildman–Crippen MR) is 74.0 cm³/mol. The smallest absolute Gasteiger partial charge is 0.273 e. The van der Waals surface area contributed by atoms with E-state index in [1.165, 1.54) is 18.3 Å². The van der Waals surface area contributed by atoms with Gasteiger partial charge in [-0.25, -0.2) is 18.1 Å². The van der Waals surface area contributed by atoms with Crippen molar-refractivity contribution in [1.29, 1.82) is 0 Å². The Bertz CT molecular complexity index is 634. The Morgan fingerprint density at radius 1 is 1.45 bits per heavy atom. The molecule has 1 saturated heterocycles. The molecule has 1 aromatic rings. The average Bonchev–Trinajstić information content (AvgIpc) is 2.70. The number of rotatable bonds is 5. The minimum absolute atomic E-state index is 0.00269. The van der Waals surface area contributed by atoms with E-state index in [2.05, 4.69) is 9.71 Å². The first-order chi connectivity index (χ1) is 9.40. The van der Waals surface area contributed by atoms with Gasteiger partial charge >= 0.3 is 0 Å². The summed E-state index contributed by atoms with van der Waals surface area (Å²) in [5.74, 6) is -0.211. The van der Waals surface area contributed by atoms with Crippen molar-refractivity contribution in [2.45, 2.75) is 4.90 Å². The molecule has 0 unspecified atom stereocenters. The zero-order valence-electron chi connectivity index (χ0n) is 10.1. The van der Waals surface area contributed by atoms with E-state index in [1.807, 2.05) is 0 Å². The molecule has 0 bridgehead atoms. The van der Waals surface area contributed by atoms with Gasteiger partial charge < -0.3 is 0 Å². The molecule has 2 rings (SSSR count). The van der Waals surface area contributed by atoms with E-state index in [0.29, 0.717) is 0 Å². The van der Waals surface area contributed by atoms with E-state index in [4.69, 9.17) is 11.6 Å². The highest BCUT2D eigenvalue weighted by Gasteiger charge is 2.29. The minimum Gasteiger partial charge on any atom is -0.273 e. The van der Waals surface area contributed by atoms with E-state index < -0.39 is 10.0 Å². The number of pyridine rings is 1. The third-order valence-electron chi connectivity index (χ3n) is 2.48. The molecule has 1 aromatic heterocycles. The molecule has 108 valence electrons. The third-order valence-corrected chi connectivity index (χ3v) is 5.00. The van der Waals surface area contributed by atoms with E-state index in [1.54, 1.807) is 0 Å². The molecule has 2 heterocycles. The molecule has 0 aromatic carbocycles. The number of imide groups is 1. The van der Waals surface area contributed by atoms with Gasteiger partial charge in [0.2, 0.25) is 15.9 Å². The maximum atomic E-state index is 11.9. The van der Waals surface area contributed by atoms with Crippen molar-refractivity contribution in [3.63, 3.8) is 0 Å². The SMILES string of the molecule is O=C1CSC(=O)N1CCNS(=O)(=O)c1ccnc(Cl)c1. The molecule has 0 aliphatic carbocycles. The molecule has 1 aliphatic rings. The average molecular weight is 336 g/mol. The molecule has 10 heteroatoms. The van der Waals surface area contributed by atoms with Crippen LogP contribution in [0, 0.1) is 0 Å². The van der Waals surface area contributed by atoms with Crippen LogP contribution < -0.4 is 4.72 Å². The summed E-state index contributed by atoms with van der Waals surface area (Å²) in [5.41, 5.74) is 0. The van der Waals surface area contributed by atoms with Gasteiger partial charge in [-0.15, -0.1) is 0 Å². The molecule has 1 aliphatic heterocycles. The van der Waals surface area contributed by atoms with Crippen LogP contribution >= 0.6 is 23.4 Å². The summed E-state index contributed by atoms with van der Waals surface area (Å²) in [7, 11) is -3.74. The highest BCUT2D eigenvalue weighted by molar-refractivity contribution is 8.14. The molecule has 0 spiro atoms. The Kier molecular flexibility index (Phi) is 4.63. The largest absolute Gasteiger partial charge is 0.288 e. The van der Waals surface area contributed by atoms with Crippen LogP contribution in [0.25, 0.3) is 0 Å². The van der Waals surface area contributed by atoms with Gasteiger partial charge in [-0.05, 0) is 12.1 Å². The van der Waals surface area contributed by atoms with Crippen LogP contribution in [0.1, 0.15) is 0 Å². The zero-order chi connectivity index (χ0) is 14.8. The topological polar surface area (TPSA) is 96.4 Å². The van der Waals surface area contributed by atoms with E-state index >= 15 is 0 Å². The number of aromatic nitrogens is 1. The lowest BCUT2D eigenvalue weighted by molar-refractivity contribution is -0.124. The van der Waals surface area contributed by atoms with Crippen molar-refractivity contribution in [2.24, 2.45) is 0 Å². The van der Waals surface area contributed by atoms with E-state index in [9.17, 15) is 18.0 Å². The van der Waals surface area contributed by atoms with E-state index in [-0.39, 0.29) is 40.0 Å². The highest BCUT2D eigenvalue weighted by Crippen LogP contribution is 2.18. The van der Waals surface area contributed by atoms with Crippen molar-refractivity contribution >= 4 is 44.5 Å². The lowest BCUT2D eigenvalue weighted by atomic mass is 10.5. The van der Waals surface area contributed by atoms with Crippen molar-refractivity contribution in [2.75, 3.05) is 18.8 Å². The van der Waals surface area contributed by atoms with Crippen molar-refractivity contribution in [3.05, 3.63) is 23.5 Å². The third kappa shape index (κ3) is 3.48. The molecule has 1 N–H and O–H groups in total. The molecule has 0 radical (unpaired) electrons. The van der Waals surface area contributed by atoms with Gasteiger partial charge in [0.25, 0.3) is 5.24 Å². The number of nitrogens with one attached hydrogen (secondary N) is 1. The first-order valence-corrected chi connectivity index (χ1v) is 8.33. The predicted octanol–water partition coefficient (Wildman–Crippen LogP) is 0.709. The van der Waals surface area contributed by atoms with Crippen LogP contribution in [0.15, 0.2) is 23.2 Å². The molecule has 1 fully saturated rings. The second-order valence-corrected chi connectivity index (χ2v) is 6.89. The zero-order valence-corrected chi connectivity index (χ0v) is 12.5. The van der Waals surface area contributed by atoms with Gasteiger partial charge in [-0.2, -0.15) is 0 Å². The summed E-state index contributed by atoms with van der Waals surface area (Å²) < 4.78 is 26.2. The Morgan fingerprint density at radius 2 is 2.20 bits per heavy atom. The Hall–Kier alpha value is -1.16. The van der Waals surface area contributed by atoms with Crippen molar-refractivity contribution in [1.82, 2.24) is 14.6 Å². The quantitative estimate of drug-likeness (QED) is 0.796. The molecule has 0 saturated carbocycles. The van der Waals surface area contributed by atoms with Crippen LogP contribution in [-0.2, 0) is 14.8 Å². The van der Waals surface area contributed by atoms with Gasteiger partial charge in [0.1, 0.15) is 5.15 Å². The Morgan fingerprint density at radius 3 is 2.80 bits per heavy atom. The van der Waals surface area contributed by atoms with Gasteiger partial charge in [-0.3, -0.25) is 14.5 Å². The van der Waals surface area contributed by atoms with Gasteiger partial charge in [-0.1, -0.05) is 23.4 Å². The van der Waals surface area contributed by atoms with Crippen LogP contribution in [0.5, 0.6) is 0 Å². The lowest BCUT2D eigenvalue weighted by Crippen LogP contribution is -2.37. The second-order valence-electron chi connectivity index (χ2n) is 3.81. The maximum absolute atomic E-state index is 11.9. The van der Waals surface area contributed by atoms with Gasteiger partial charge in [0, 0.05) is 19.3 Å². The lowest BCUT2D eigenvalue weighted by Gasteiger charge is -2.13. The fourth-order valence-corrected chi connectivity index (χ4v) is 3.55. The van der Waals surface area contributed by atoms with Crippen LogP contribution in [-0.4, -0.2) is 48.3 Å². The first kappa shape index (κ1) is 15.2. The molecular weight excluding hydrogens is 326 g/mol. The monoisotopic (exact) mass is 335 g/mol. The Balaban J connectivity index is 1.96. The van der Waals surface area contributed by atoms with Crippen LogP contribution in [0.4, 0.5) is 4.79 Å². The second kappa shape index (κ2) is 6.08. The summed E-state index contributed by atoms with van der Waals surface area (Å²) in [6.45, 7) is -0.0526.